The second-order valence-corrected chi connectivity index (χ2v) is 1.02. The Kier molecular flexibility index (Phi) is 7.19. The fraction of sp³-hybridized carbons (Fsp3) is 0. The van der Waals surface area contributed by atoms with Crippen molar-refractivity contribution < 1.29 is 18.2 Å². The molecule has 0 aliphatic rings. The largest absolute Gasteiger partial charge is 0.265 e. The molecule has 0 radical (unpaired) electrons. The number of halogens is 1. The molecule has 0 saturated heterocycles. The molecule has 1 aromatic rings. The van der Waals surface area contributed by atoms with E-state index in [1.807, 2.05) is 18.2 Å². The molecule has 1 rings (SSSR count). The van der Waals surface area contributed by atoms with Crippen LogP contribution < -0.4 is 0 Å². The Morgan fingerprint density at radius 2 is 1.50 bits per heavy atom. The van der Waals surface area contributed by atoms with E-state index in [-0.39, 0.29) is 0 Å². The Hall–Kier alpha value is 0.102. The van der Waals surface area contributed by atoms with E-state index in [2.05, 4.69) is 32.7 Å². The Labute approximate surface area is 63.5 Å². The Bertz CT molecular complexity index is 84.4. The predicted molar refractivity (Wildman–Crippen MR) is 30.1 cm³/mol. The predicted octanol–water partition coefficient (Wildman–Crippen LogP) is 1.77. The van der Waals surface area contributed by atoms with Crippen LogP contribution in [0.25, 0.3) is 0 Å². The summed E-state index contributed by atoms with van der Waals surface area (Å²) < 4.78 is 0. The van der Waals surface area contributed by atoms with Crippen LogP contribution >= 0.6 is 9.53 Å². The van der Waals surface area contributed by atoms with Crippen LogP contribution in [0.2, 0.25) is 0 Å². The van der Waals surface area contributed by atoms with Gasteiger partial charge in [-0.2, -0.15) is 0 Å². The molecule has 1 nitrogen and oxygen atoms in total. The summed E-state index contributed by atoms with van der Waals surface area (Å²) in [5, 5.41) is 0. The standard InChI is InChI=1S/C5H5N.ClH.Pd/c1-2-4-6-5-3-1;;/h1-5H;1H;/q;;+1/p-1. The first kappa shape index (κ1) is 8.10. The molecule has 47 valence electrons. The molecule has 0 aliphatic carbocycles. The summed E-state index contributed by atoms with van der Waals surface area (Å²) in [7, 11) is 4.49. The van der Waals surface area contributed by atoms with Crippen molar-refractivity contribution in [2.24, 2.45) is 0 Å². The van der Waals surface area contributed by atoms with E-state index in [1.54, 1.807) is 12.4 Å². The van der Waals surface area contributed by atoms with Crippen molar-refractivity contribution >= 4 is 9.53 Å². The molecule has 0 aliphatic heterocycles. The average molecular weight is 221 g/mol. The number of aromatic nitrogens is 1. The molecule has 3 heteroatoms. The summed E-state index contributed by atoms with van der Waals surface area (Å²) in [5.41, 5.74) is 0. The smallest absolute Gasteiger partial charge is 0.0267 e. The van der Waals surface area contributed by atoms with Gasteiger partial charge in [-0.3, -0.25) is 4.98 Å². The number of pyridine rings is 1. The summed E-state index contributed by atoms with van der Waals surface area (Å²) in [6.45, 7) is 0. The maximum atomic E-state index is 4.49. The van der Waals surface area contributed by atoms with Gasteiger partial charge in [0.05, 0.1) is 0 Å². The number of hydrogen-bond acceptors (Lipinski definition) is 1. The van der Waals surface area contributed by atoms with Gasteiger partial charge in [-0.15, -0.1) is 0 Å². The SMILES string of the molecule is [Cl][Pd].c1ccncc1. The van der Waals surface area contributed by atoms with Crippen molar-refractivity contribution in [3.05, 3.63) is 30.6 Å². The first-order chi connectivity index (χ1) is 4.00. The van der Waals surface area contributed by atoms with E-state index in [0.29, 0.717) is 0 Å². The summed E-state index contributed by atoms with van der Waals surface area (Å²) in [4.78, 5) is 3.78. The van der Waals surface area contributed by atoms with Gasteiger partial charge in [0.1, 0.15) is 0 Å². The van der Waals surface area contributed by atoms with Crippen LogP contribution in [0, 0.1) is 0 Å². The van der Waals surface area contributed by atoms with Gasteiger partial charge in [0.25, 0.3) is 0 Å². The van der Waals surface area contributed by atoms with Crippen molar-refractivity contribution in [2.45, 2.75) is 0 Å². The zero-order valence-corrected chi connectivity index (χ0v) is 6.34. The summed E-state index contributed by atoms with van der Waals surface area (Å²) in [5.74, 6) is 0. The summed E-state index contributed by atoms with van der Waals surface area (Å²) >= 11 is 2.22. The minimum atomic E-state index is 1.75. The van der Waals surface area contributed by atoms with Crippen molar-refractivity contribution in [3.63, 3.8) is 0 Å². The van der Waals surface area contributed by atoms with Gasteiger partial charge in [-0.25, -0.2) is 0 Å². The third-order valence-electron chi connectivity index (χ3n) is 0.566. The van der Waals surface area contributed by atoms with Crippen molar-refractivity contribution in [3.8, 4) is 0 Å². The van der Waals surface area contributed by atoms with Crippen LogP contribution in [0.15, 0.2) is 30.6 Å². The molecule has 0 aromatic carbocycles. The summed E-state index contributed by atoms with van der Waals surface area (Å²) in [6, 6.07) is 5.72. The number of hydrogen-bond donors (Lipinski definition) is 0. The van der Waals surface area contributed by atoms with Gasteiger partial charge in [-0.05, 0) is 12.1 Å². The molecule has 0 amide bonds. The van der Waals surface area contributed by atoms with Crippen LogP contribution in [-0.4, -0.2) is 4.98 Å². The molecular formula is C5H5ClNPd. The monoisotopic (exact) mass is 220 g/mol. The molecule has 0 N–H and O–H groups in total. The minimum absolute atomic E-state index is 1.75. The van der Waals surface area contributed by atoms with Gasteiger partial charge < -0.3 is 0 Å². The van der Waals surface area contributed by atoms with Gasteiger partial charge >= 0.3 is 27.7 Å². The first-order valence-corrected chi connectivity index (χ1v) is 3.97. The normalized spacial score (nSPS) is 6.88. The zero-order valence-electron chi connectivity index (χ0n) is 4.03. The first-order valence-electron chi connectivity index (χ1n) is 1.97. The molecule has 1 heterocycles. The molecule has 0 atom stereocenters. The maximum Gasteiger partial charge on any atom is 0.0267 e. The van der Waals surface area contributed by atoms with Crippen molar-refractivity contribution in [1.29, 1.82) is 0 Å². The van der Waals surface area contributed by atoms with E-state index in [0.717, 1.165) is 0 Å². The second kappa shape index (κ2) is 7.10. The molecule has 8 heavy (non-hydrogen) atoms. The summed E-state index contributed by atoms with van der Waals surface area (Å²) in [6.07, 6.45) is 3.50. The third kappa shape index (κ3) is 4.27. The average Bonchev–Trinajstić information content (AvgIpc) is 1.96. The van der Waals surface area contributed by atoms with Crippen LogP contribution in [0.4, 0.5) is 0 Å². The molecule has 0 spiro atoms. The van der Waals surface area contributed by atoms with E-state index < -0.39 is 0 Å². The van der Waals surface area contributed by atoms with Gasteiger partial charge in [0, 0.05) is 12.4 Å². The van der Waals surface area contributed by atoms with Crippen LogP contribution in [0.3, 0.4) is 0 Å². The Morgan fingerprint density at radius 3 is 1.62 bits per heavy atom. The van der Waals surface area contributed by atoms with Gasteiger partial charge in [0.15, 0.2) is 0 Å². The van der Waals surface area contributed by atoms with Crippen molar-refractivity contribution in [2.75, 3.05) is 0 Å². The molecule has 0 unspecified atom stereocenters. The van der Waals surface area contributed by atoms with Crippen LogP contribution in [-0.2, 0) is 18.2 Å². The maximum absolute atomic E-state index is 4.49. The van der Waals surface area contributed by atoms with E-state index in [9.17, 15) is 0 Å². The molecular weight excluding hydrogens is 216 g/mol. The fourth-order valence-electron chi connectivity index (χ4n) is 0.313. The Balaban J connectivity index is 0.000000222. The zero-order chi connectivity index (χ0) is 6.24. The van der Waals surface area contributed by atoms with Crippen molar-refractivity contribution in [1.82, 2.24) is 4.98 Å². The fourth-order valence-corrected chi connectivity index (χ4v) is 0.313. The van der Waals surface area contributed by atoms with Crippen LogP contribution in [0.1, 0.15) is 0 Å². The number of nitrogens with zero attached hydrogens (tertiary/aromatic N) is 1. The molecule has 0 bridgehead atoms. The van der Waals surface area contributed by atoms with E-state index in [1.165, 1.54) is 0 Å². The van der Waals surface area contributed by atoms with Gasteiger partial charge in [-0.1, -0.05) is 6.07 Å². The second-order valence-electron chi connectivity index (χ2n) is 1.02. The molecule has 0 saturated carbocycles. The Morgan fingerprint density at radius 1 is 1.00 bits per heavy atom. The van der Waals surface area contributed by atoms with E-state index >= 15 is 0 Å². The quantitative estimate of drug-likeness (QED) is 0.608. The third-order valence-corrected chi connectivity index (χ3v) is 0.566. The van der Waals surface area contributed by atoms with Gasteiger partial charge in [0.2, 0.25) is 0 Å². The molecule has 1 aromatic heterocycles. The van der Waals surface area contributed by atoms with Crippen LogP contribution in [0.5, 0.6) is 0 Å². The molecule has 0 fully saturated rings. The topological polar surface area (TPSA) is 12.9 Å². The number of rotatable bonds is 0. The minimum Gasteiger partial charge on any atom is -0.265 e. The van der Waals surface area contributed by atoms with E-state index in [4.69, 9.17) is 0 Å².